The van der Waals surface area contributed by atoms with Crippen LogP contribution in [0.15, 0.2) is 22.7 Å². The van der Waals surface area contributed by atoms with Gasteiger partial charge in [-0.05, 0) is 71.8 Å². The topological polar surface area (TPSA) is 129 Å². The third-order valence-electron chi connectivity index (χ3n) is 5.80. The first kappa shape index (κ1) is 29.5. The number of amides is 1. The molecule has 3 heterocycles. The molecule has 0 saturated carbocycles. The molecular weight excluding hydrogens is 531 g/mol. The Kier molecular flexibility index (Phi) is 11.0. The van der Waals surface area contributed by atoms with Crippen LogP contribution in [0, 0.1) is 13.8 Å². The van der Waals surface area contributed by atoms with Crippen molar-refractivity contribution in [2.45, 2.75) is 40.0 Å². The van der Waals surface area contributed by atoms with Crippen molar-refractivity contribution in [3.05, 3.63) is 39.7 Å². The van der Waals surface area contributed by atoms with Crippen LogP contribution < -0.4 is 15.8 Å². The summed E-state index contributed by atoms with van der Waals surface area (Å²) in [4.78, 5) is 21.6. The summed E-state index contributed by atoms with van der Waals surface area (Å²) >= 11 is 12.8. The van der Waals surface area contributed by atoms with Gasteiger partial charge in [-0.15, -0.1) is 0 Å². The zero-order valence-corrected chi connectivity index (χ0v) is 23.7. The molecule has 1 amide bonds. The Labute approximate surface area is 232 Å². The first-order chi connectivity index (χ1) is 18.3. The molecule has 0 unspecified atom stereocenters. The first-order valence-electron chi connectivity index (χ1n) is 12.5. The van der Waals surface area contributed by atoms with E-state index >= 15 is 0 Å². The number of aromatic nitrogens is 3. The van der Waals surface area contributed by atoms with E-state index in [-0.39, 0.29) is 16.9 Å². The average Bonchev–Trinajstić information content (AvgIpc) is 3.55. The molecule has 3 aromatic rings. The van der Waals surface area contributed by atoms with E-state index < -0.39 is 0 Å². The third kappa shape index (κ3) is 7.49. The molecule has 0 bridgehead atoms. The highest BCUT2D eigenvalue weighted by atomic mass is 35.5. The minimum atomic E-state index is -0.153. The second-order valence-corrected chi connectivity index (χ2v) is 9.42. The normalized spacial score (nSPS) is 12.7. The Morgan fingerprint density at radius 2 is 1.95 bits per heavy atom. The number of ether oxygens (including phenoxy) is 2. The Bertz CT molecular complexity index is 1210. The van der Waals surface area contributed by atoms with Crippen LogP contribution >= 0.6 is 23.2 Å². The number of likely N-dealkylation sites (tertiary alicyclic amines) is 1. The Balaban J connectivity index is 0.000000336. The maximum Gasteiger partial charge on any atom is 0.409 e. The van der Waals surface area contributed by atoms with Gasteiger partial charge in [-0.2, -0.15) is 0 Å². The number of nitrogens with two attached hydrogens (primary N) is 1. The van der Waals surface area contributed by atoms with Crippen molar-refractivity contribution in [1.82, 2.24) is 25.3 Å². The fourth-order valence-electron chi connectivity index (χ4n) is 3.89. The molecule has 10 nitrogen and oxygen atoms in total. The van der Waals surface area contributed by atoms with Crippen LogP contribution in [-0.4, -0.2) is 66.0 Å². The summed E-state index contributed by atoms with van der Waals surface area (Å²) < 4.78 is 15.8. The van der Waals surface area contributed by atoms with Gasteiger partial charge in [0, 0.05) is 18.7 Å². The van der Waals surface area contributed by atoms with Gasteiger partial charge >= 0.3 is 6.09 Å². The van der Waals surface area contributed by atoms with Gasteiger partial charge in [-0.25, -0.2) is 14.8 Å². The molecule has 0 spiro atoms. The predicted molar refractivity (Wildman–Crippen MR) is 149 cm³/mol. The van der Waals surface area contributed by atoms with E-state index in [1.165, 1.54) is 0 Å². The van der Waals surface area contributed by atoms with Crippen LogP contribution in [0.3, 0.4) is 0 Å². The number of hydrogen-bond donors (Lipinski definition) is 2. The van der Waals surface area contributed by atoms with E-state index in [2.05, 4.69) is 20.4 Å². The molecule has 3 N–H and O–H groups in total. The average molecular weight is 566 g/mol. The van der Waals surface area contributed by atoms with Gasteiger partial charge in [-0.3, -0.25) is 0 Å². The van der Waals surface area contributed by atoms with E-state index in [0.717, 1.165) is 38.9 Å². The van der Waals surface area contributed by atoms with Crippen molar-refractivity contribution in [1.29, 1.82) is 0 Å². The smallest absolute Gasteiger partial charge is 0.409 e. The number of nitrogens with zero attached hydrogens (tertiary/aromatic N) is 4. The maximum atomic E-state index is 10.9. The number of anilines is 1. The van der Waals surface area contributed by atoms with Crippen LogP contribution in [0.5, 0.6) is 5.75 Å². The number of carbonyl (C=O) groups excluding carboxylic acids is 1. The van der Waals surface area contributed by atoms with Crippen molar-refractivity contribution < 1.29 is 18.8 Å². The molecule has 4 rings (SSSR count). The number of aryl methyl sites for hydroxylation is 2. The number of nitrogens with one attached hydrogen (secondary N) is 1. The highest BCUT2D eigenvalue weighted by molar-refractivity contribution is 6.35. The molecular formula is C26H34Cl2N6O4. The van der Waals surface area contributed by atoms with Crippen LogP contribution in [0.4, 0.5) is 10.6 Å². The highest BCUT2D eigenvalue weighted by Crippen LogP contribution is 2.37. The minimum Gasteiger partial charge on any atom is -0.494 e. The van der Waals surface area contributed by atoms with E-state index in [1.807, 2.05) is 20.9 Å². The van der Waals surface area contributed by atoms with Gasteiger partial charge in [0.2, 0.25) is 0 Å². The van der Waals surface area contributed by atoms with Crippen molar-refractivity contribution in [2.24, 2.45) is 0 Å². The molecule has 1 fully saturated rings. The standard InChI is InChI=1S/C19H21Cl2N5O2.C7H13NO2/c1-10-15(11(2)28-26-10)17-16(21)18(22)25-19(24-17)13-9-12(5-6-14(13)20)27-8-4-7-23-3;1-2-10-7(9)8-5-3-4-6-8/h5-6,9,23H,4,7-8H2,1-3H3,(H2,22,24,25);2-6H2,1H3. The second kappa shape index (κ2) is 14.2. The van der Waals surface area contributed by atoms with Crippen molar-refractivity contribution >= 4 is 35.1 Å². The summed E-state index contributed by atoms with van der Waals surface area (Å²) in [6.07, 6.45) is 2.98. The minimum absolute atomic E-state index is 0.151. The summed E-state index contributed by atoms with van der Waals surface area (Å²) in [6.45, 7) is 9.11. The van der Waals surface area contributed by atoms with E-state index in [0.29, 0.717) is 58.1 Å². The molecule has 1 aliphatic rings. The maximum absolute atomic E-state index is 10.9. The zero-order chi connectivity index (χ0) is 27.7. The molecule has 1 aliphatic heterocycles. The van der Waals surface area contributed by atoms with E-state index in [1.54, 1.807) is 30.0 Å². The molecule has 0 radical (unpaired) electrons. The van der Waals surface area contributed by atoms with Gasteiger partial charge in [0.25, 0.3) is 0 Å². The number of halogens is 2. The second-order valence-electron chi connectivity index (χ2n) is 8.63. The van der Waals surface area contributed by atoms with Gasteiger partial charge in [-0.1, -0.05) is 28.4 Å². The number of carbonyl (C=O) groups is 1. The monoisotopic (exact) mass is 564 g/mol. The number of nitrogen functional groups attached to an aromatic ring is 1. The summed E-state index contributed by atoms with van der Waals surface area (Å²) in [5.41, 5.74) is 8.46. The number of rotatable bonds is 8. The van der Waals surface area contributed by atoms with E-state index in [9.17, 15) is 4.79 Å². The van der Waals surface area contributed by atoms with Crippen molar-refractivity contribution in [3.63, 3.8) is 0 Å². The Hall–Kier alpha value is -3.08. The first-order valence-corrected chi connectivity index (χ1v) is 13.3. The fraction of sp³-hybridized carbons (Fsp3) is 0.462. The molecule has 38 heavy (non-hydrogen) atoms. The lowest BCUT2D eigenvalue weighted by molar-refractivity contribution is 0.116. The summed E-state index contributed by atoms with van der Waals surface area (Å²) in [6, 6.07) is 5.34. The quantitative estimate of drug-likeness (QED) is 0.339. The van der Waals surface area contributed by atoms with Crippen molar-refractivity contribution in [2.75, 3.05) is 45.6 Å². The lowest BCUT2D eigenvalue weighted by Crippen LogP contribution is -2.28. The molecule has 0 aliphatic carbocycles. The van der Waals surface area contributed by atoms with E-state index in [4.69, 9.17) is 42.9 Å². The molecule has 0 atom stereocenters. The molecule has 2 aromatic heterocycles. The Morgan fingerprint density at radius 3 is 2.58 bits per heavy atom. The highest BCUT2D eigenvalue weighted by Gasteiger charge is 2.21. The summed E-state index contributed by atoms with van der Waals surface area (Å²) in [5.74, 6) is 1.77. The van der Waals surface area contributed by atoms with Crippen LogP contribution in [-0.2, 0) is 4.74 Å². The number of hydrogen-bond acceptors (Lipinski definition) is 9. The molecule has 1 aromatic carbocycles. The van der Waals surface area contributed by atoms with Gasteiger partial charge in [0.15, 0.2) is 5.82 Å². The van der Waals surface area contributed by atoms with Gasteiger partial charge in [0.05, 0.1) is 29.5 Å². The largest absolute Gasteiger partial charge is 0.494 e. The number of benzene rings is 1. The third-order valence-corrected chi connectivity index (χ3v) is 6.50. The fourth-order valence-corrected chi connectivity index (χ4v) is 4.27. The summed E-state index contributed by atoms with van der Waals surface area (Å²) in [7, 11) is 1.90. The van der Waals surface area contributed by atoms with Crippen LogP contribution in [0.25, 0.3) is 22.6 Å². The molecule has 206 valence electrons. The lowest BCUT2D eigenvalue weighted by Gasteiger charge is -2.13. The summed E-state index contributed by atoms with van der Waals surface area (Å²) in [5, 5.41) is 7.77. The lowest BCUT2D eigenvalue weighted by atomic mass is 10.1. The van der Waals surface area contributed by atoms with Crippen molar-refractivity contribution in [3.8, 4) is 28.4 Å². The molecule has 1 saturated heterocycles. The van der Waals surface area contributed by atoms with Crippen LogP contribution in [0.2, 0.25) is 10.0 Å². The van der Waals surface area contributed by atoms with Crippen LogP contribution in [0.1, 0.15) is 37.6 Å². The zero-order valence-electron chi connectivity index (χ0n) is 22.1. The van der Waals surface area contributed by atoms with Gasteiger partial charge in [0.1, 0.15) is 28.0 Å². The predicted octanol–water partition coefficient (Wildman–Crippen LogP) is 5.53. The van der Waals surface area contributed by atoms with Gasteiger partial charge < -0.3 is 29.9 Å². The Morgan fingerprint density at radius 1 is 1.21 bits per heavy atom. The SMILES string of the molecule is CCOC(=O)N1CCCC1.CNCCCOc1ccc(Cl)c(-c2nc(N)c(Cl)c(-c3c(C)noc3C)n2)c1. The molecule has 12 heteroatoms.